The molecule has 0 spiro atoms. The van der Waals surface area contributed by atoms with Crippen LogP contribution in [0.4, 0.5) is 18.9 Å². The number of hydrogen-bond donors (Lipinski definition) is 1. The molecule has 3 rings (SSSR count). The van der Waals surface area contributed by atoms with Gasteiger partial charge in [0, 0.05) is 15.7 Å². The quantitative estimate of drug-likeness (QED) is 0.662. The van der Waals surface area contributed by atoms with Gasteiger partial charge in [-0.25, -0.2) is 0 Å². The number of benzene rings is 2. The molecular weight excluding hydrogens is 387 g/mol. The third kappa shape index (κ3) is 3.76. The van der Waals surface area contributed by atoms with Gasteiger partial charge in [-0.1, -0.05) is 51.4 Å². The average Bonchev–Trinajstić information content (AvgIpc) is 3.03. The van der Waals surface area contributed by atoms with Crippen LogP contribution >= 0.6 is 15.9 Å². The summed E-state index contributed by atoms with van der Waals surface area (Å²) in [5, 5.41) is 6.70. The van der Waals surface area contributed by atoms with Gasteiger partial charge in [0.25, 0.3) is 0 Å². The number of hydrogen-bond acceptors (Lipinski definition) is 4. The van der Waals surface area contributed by atoms with Gasteiger partial charge in [0.2, 0.25) is 11.7 Å². The van der Waals surface area contributed by atoms with E-state index in [2.05, 4.69) is 31.4 Å². The summed E-state index contributed by atoms with van der Waals surface area (Å²) in [5.41, 5.74) is 0.364. The number of alkyl halides is 3. The van der Waals surface area contributed by atoms with E-state index in [9.17, 15) is 13.2 Å². The number of nitrogens with zero attached hydrogens (tertiary/aromatic N) is 2. The molecule has 3 aromatic rings. The van der Waals surface area contributed by atoms with Gasteiger partial charge >= 0.3 is 6.18 Å². The summed E-state index contributed by atoms with van der Waals surface area (Å²) in [6.07, 6.45) is -4.43. The number of anilines is 1. The van der Waals surface area contributed by atoms with Gasteiger partial charge in [0.05, 0.1) is 12.1 Å². The average molecular weight is 398 g/mol. The molecule has 24 heavy (non-hydrogen) atoms. The zero-order chi connectivity index (χ0) is 17.2. The lowest BCUT2D eigenvalue weighted by atomic mass is 10.2. The highest BCUT2D eigenvalue weighted by Gasteiger charge is 2.33. The molecule has 0 saturated carbocycles. The van der Waals surface area contributed by atoms with Crippen LogP contribution in [0.5, 0.6) is 0 Å². The maximum atomic E-state index is 12.9. The van der Waals surface area contributed by atoms with Crippen molar-refractivity contribution in [3.8, 4) is 11.4 Å². The Morgan fingerprint density at radius 3 is 2.54 bits per heavy atom. The fraction of sp³-hybridized carbons (Fsp3) is 0.125. The Balaban J connectivity index is 1.72. The minimum atomic E-state index is -4.43. The number of rotatable bonds is 4. The van der Waals surface area contributed by atoms with Crippen molar-refractivity contribution in [2.45, 2.75) is 12.7 Å². The highest BCUT2D eigenvalue weighted by atomic mass is 79.9. The van der Waals surface area contributed by atoms with Crippen LogP contribution in [0.25, 0.3) is 11.4 Å². The van der Waals surface area contributed by atoms with Gasteiger partial charge in [-0.2, -0.15) is 18.2 Å². The lowest BCUT2D eigenvalue weighted by molar-refractivity contribution is -0.138. The molecule has 8 heteroatoms. The summed E-state index contributed by atoms with van der Waals surface area (Å²) in [5.74, 6) is 0.713. The van der Waals surface area contributed by atoms with Crippen LogP contribution in [0.3, 0.4) is 0 Å². The summed E-state index contributed by atoms with van der Waals surface area (Å²) >= 11 is 2.90. The Morgan fingerprint density at radius 1 is 1.08 bits per heavy atom. The van der Waals surface area contributed by atoms with Crippen LogP contribution in [0.2, 0.25) is 0 Å². The molecule has 1 aromatic heterocycles. The van der Waals surface area contributed by atoms with Crippen molar-refractivity contribution in [3.05, 3.63) is 64.5 Å². The standard InChI is InChI=1S/C16H11BrF3N3O/c17-13-7-6-11(8-12(13)16(18,19)20)21-9-14-22-15(23-24-14)10-4-2-1-3-5-10/h1-8,21H,9H2. The van der Waals surface area contributed by atoms with Crippen molar-refractivity contribution in [2.75, 3.05) is 5.32 Å². The van der Waals surface area contributed by atoms with Crippen molar-refractivity contribution in [1.29, 1.82) is 0 Å². The molecular formula is C16H11BrF3N3O. The second kappa shape index (κ2) is 6.64. The van der Waals surface area contributed by atoms with Gasteiger partial charge in [-0.05, 0) is 18.2 Å². The molecule has 124 valence electrons. The second-order valence-electron chi connectivity index (χ2n) is 4.92. The van der Waals surface area contributed by atoms with Gasteiger partial charge in [0.1, 0.15) is 0 Å². The summed E-state index contributed by atoms with van der Waals surface area (Å²) in [6, 6.07) is 13.2. The molecule has 0 atom stereocenters. The first-order valence-electron chi connectivity index (χ1n) is 6.92. The molecule has 1 N–H and O–H groups in total. The number of halogens is 4. The summed E-state index contributed by atoms with van der Waals surface area (Å²) in [4.78, 5) is 4.21. The number of aromatic nitrogens is 2. The second-order valence-corrected chi connectivity index (χ2v) is 5.78. The normalized spacial score (nSPS) is 11.5. The van der Waals surface area contributed by atoms with E-state index in [1.807, 2.05) is 30.3 Å². The van der Waals surface area contributed by atoms with E-state index in [0.29, 0.717) is 11.5 Å². The minimum Gasteiger partial charge on any atom is -0.376 e. The van der Waals surface area contributed by atoms with E-state index in [1.54, 1.807) is 0 Å². The van der Waals surface area contributed by atoms with E-state index < -0.39 is 11.7 Å². The maximum Gasteiger partial charge on any atom is 0.417 e. The fourth-order valence-electron chi connectivity index (χ4n) is 2.06. The van der Waals surface area contributed by atoms with Gasteiger partial charge in [-0.15, -0.1) is 0 Å². The monoisotopic (exact) mass is 397 g/mol. The molecule has 0 amide bonds. The topological polar surface area (TPSA) is 51.0 Å². The molecule has 4 nitrogen and oxygen atoms in total. The summed E-state index contributed by atoms with van der Waals surface area (Å²) < 4.78 is 43.8. The Bertz CT molecular complexity index is 834. The van der Waals surface area contributed by atoms with Crippen LogP contribution < -0.4 is 5.32 Å². The predicted octanol–water partition coefficient (Wildman–Crippen LogP) is 5.13. The highest BCUT2D eigenvalue weighted by Crippen LogP contribution is 2.36. The van der Waals surface area contributed by atoms with Crippen molar-refractivity contribution >= 4 is 21.6 Å². The molecule has 0 radical (unpaired) electrons. The Labute approximate surface area is 143 Å². The van der Waals surface area contributed by atoms with Crippen molar-refractivity contribution in [2.24, 2.45) is 0 Å². The predicted molar refractivity (Wildman–Crippen MR) is 86.2 cm³/mol. The summed E-state index contributed by atoms with van der Waals surface area (Å²) in [6.45, 7) is 0.124. The lowest BCUT2D eigenvalue weighted by Gasteiger charge is -2.11. The molecule has 0 aliphatic carbocycles. The van der Waals surface area contributed by atoms with Crippen molar-refractivity contribution in [3.63, 3.8) is 0 Å². The molecule has 0 bridgehead atoms. The first-order chi connectivity index (χ1) is 11.4. The molecule has 1 heterocycles. The smallest absolute Gasteiger partial charge is 0.376 e. The van der Waals surface area contributed by atoms with Crippen LogP contribution in [-0.2, 0) is 12.7 Å². The fourth-order valence-corrected chi connectivity index (χ4v) is 2.53. The van der Waals surface area contributed by atoms with E-state index >= 15 is 0 Å². The van der Waals surface area contributed by atoms with E-state index in [0.717, 1.165) is 11.6 Å². The van der Waals surface area contributed by atoms with Crippen LogP contribution in [-0.4, -0.2) is 10.1 Å². The van der Waals surface area contributed by atoms with Crippen LogP contribution in [0, 0.1) is 0 Å². The first kappa shape index (κ1) is 16.5. The molecule has 0 saturated heterocycles. The van der Waals surface area contributed by atoms with Crippen LogP contribution in [0.1, 0.15) is 11.5 Å². The Kier molecular flexibility index (Phi) is 4.57. The van der Waals surface area contributed by atoms with Crippen molar-refractivity contribution in [1.82, 2.24) is 10.1 Å². The Hall–Kier alpha value is -2.35. The highest BCUT2D eigenvalue weighted by molar-refractivity contribution is 9.10. The minimum absolute atomic E-state index is 0.00953. The number of nitrogens with one attached hydrogen (secondary N) is 1. The molecule has 0 unspecified atom stereocenters. The first-order valence-corrected chi connectivity index (χ1v) is 7.71. The van der Waals surface area contributed by atoms with Crippen LogP contribution in [0.15, 0.2) is 57.5 Å². The zero-order valence-electron chi connectivity index (χ0n) is 12.1. The molecule has 0 aliphatic heterocycles. The van der Waals surface area contributed by atoms with E-state index in [-0.39, 0.29) is 16.9 Å². The molecule has 0 fully saturated rings. The van der Waals surface area contributed by atoms with Crippen molar-refractivity contribution < 1.29 is 17.7 Å². The lowest BCUT2D eigenvalue weighted by Crippen LogP contribution is -2.07. The van der Waals surface area contributed by atoms with Gasteiger partial charge < -0.3 is 9.84 Å². The van der Waals surface area contributed by atoms with Gasteiger partial charge in [-0.3, -0.25) is 0 Å². The third-order valence-electron chi connectivity index (χ3n) is 3.22. The largest absolute Gasteiger partial charge is 0.417 e. The third-order valence-corrected chi connectivity index (χ3v) is 3.91. The SMILES string of the molecule is FC(F)(F)c1cc(NCc2nc(-c3ccccc3)no2)ccc1Br. The van der Waals surface area contributed by atoms with Gasteiger partial charge in [0.15, 0.2) is 0 Å². The molecule has 0 aliphatic rings. The summed E-state index contributed by atoms with van der Waals surface area (Å²) in [7, 11) is 0. The van der Waals surface area contributed by atoms with E-state index in [1.165, 1.54) is 12.1 Å². The maximum absolute atomic E-state index is 12.9. The molecule has 2 aromatic carbocycles. The van der Waals surface area contributed by atoms with E-state index in [4.69, 9.17) is 4.52 Å². The Morgan fingerprint density at radius 2 is 1.83 bits per heavy atom. The zero-order valence-corrected chi connectivity index (χ0v) is 13.7.